The zero-order valence-corrected chi connectivity index (χ0v) is 11.8. The number of carbonyl (C=O) groups is 2. The van der Waals surface area contributed by atoms with Crippen LogP contribution in [0.1, 0.15) is 0 Å². The first-order chi connectivity index (χ1) is 8.41. The van der Waals surface area contributed by atoms with E-state index in [1.165, 1.54) is 6.07 Å². The van der Waals surface area contributed by atoms with Crippen LogP contribution in [0.4, 0.5) is 10.5 Å². The van der Waals surface area contributed by atoms with Crippen LogP contribution in [0.15, 0.2) is 16.6 Å². The smallest absolute Gasteiger partial charge is 0.343 e. The van der Waals surface area contributed by atoms with Crippen LogP contribution < -0.4 is 10.8 Å². The molecule has 3 N–H and O–H groups in total. The summed E-state index contributed by atoms with van der Waals surface area (Å²) in [6.07, 6.45) is 0. The van der Waals surface area contributed by atoms with Gasteiger partial charge in [0.15, 0.2) is 6.61 Å². The minimum absolute atomic E-state index is 0.152. The Morgan fingerprint density at radius 1 is 1.33 bits per heavy atom. The normalized spacial score (nSPS) is 9.94. The lowest BCUT2D eigenvalue weighted by Gasteiger charge is -2.09. The number of urea groups is 1. The molecular weight excluding hydrogens is 351 g/mol. The Hall–Kier alpha value is -1.02. The Labute approximate surface area is 120 Å². The van der Waals surface area contributed by atoms with Crippen LogP contribution in [0.2, 0.25) is 10.0 Å². The van der Waals surface area contributed by atoms with E-state index < -0.39 is 18.6 Å². The number of nitrogens with one attached hydrogen (secondary N) is 2. The summed E-state index contributed by atoms with van der Waals surface area (Å²) in [4.78, 5) is 25.8. The number of carboxylic acids is 1. The van der Waals surface area contributed by atoms with Crippen molar-refractivity contribution in [3.63, 3.8) is 0 Å². The summed E-state index contributed by atoms with van der Waals surface area (Å²) in [5.41, 5.74) is 2.14. The van der Waals surface area contributed by atoms with Crippen LogP contribution in [0, 0.1) is 0 Å². The number of benzene rings is 1. The van der Waals surface area contributed by atoms with Crippen LogP contribution in [0.3, 0.4) is 0 Å². The van der Waals surface area contributed by atoms with Gasteiger partial charge in [-0.25, -0.2) is 15.1 Å². The van der Waals surface area contributed by atoms with Crippen molar-refractivity contribution in [2.75, 3.05) is 11.9 Å². The lowest BCUT2D eigenvalue weighted by molar-refractivity contribution is -0.143. The van der Waals surface area contributed by atoms with E-state index in [2.05, 4.69) is 26.1 Å². The summed E-state index contributed by atoms with van der Waals surface area (Å²) < 4.78 is 0.585. The van der Waals surface area contributed by atoms with Crippen molar-refractivity contribution in [2.45, 2.75) is 0 Å². The number of amides is 2. The molecule has 1 aromatic rings. The largest absolute Gasteiger partial charge is 0.479 e. The highest BCUT2D eigenvalue weighted by Crippen LogP contribution is 2.35. The number of rotatable bonds is 4. The van der Waals surface area contributed by atoms with E-state index in [1.54, 1.807) is 6.07 Å². The predicted octanol–water partition coefficient (Wildman–Crippen LogP) is 2.89. The molecule has 1 aromatic carbocycles. The highest BCUT2D eigenvalue weighted by atomic mass is 79.9. The van der Waals surface area contributed by atoms with Gasteiger partial charge in [0, 0.05) is 4.47 Å². The average molecular weight is 358 g/mol. The molecule has 6 nitrogen and oxygen atoms in total. The van der Waals surface area contributed by atoms with E-state index in [0.717, 1.165) is 0 Å². The second kappa shape index (κ2) is 6.79. The van der Waals surface area contributed by atoms with Gasteiger partial charge >= 0.3 is 12.0 Å². The molecule has 0 fully saturated rings. The quantitative estimate of drug-likeness (QED) is 0.571. The number of halogens is 3. The minimum Gasteiger partial charge on any atom is -0.479 e. The van der Waals surface area contributed by atoms with Crippen molar-refractivity contribution >= 4 is 56.8 Å². The molecule has 0 radical (unpaired) electrons. The Balaban J connectivity index is 2.60. The van der Waals surface area contributed by atoms with Gasteiger partial charge in [0.1, 0.15) is 0 Å². The van der Waals surface area contributed by atoms with Gasteiger partial charge in [-0.3, -0.25) is 4.84 Å². The Morgan fingerprint density at radius 3 is 2.61 bits per heavy atom. The van der Waals surface area contributed by atoms with E-state index in [-0.39, 0.29) is 15.7 Å². The summed E-state index contributed by atoms with van der Waals surface area (Å²) in [7, 11) is 0. The van der Waals surface area contributed by atoms with Gasteiger partial charge in [0.25, 0.3) is 0 Å². The Kier molecular flexibility index (Phi) is 5.67. The molecule has 0 spiro atoms. The van der Waals surface area contributed by atoms with E-state index in [0.29, 0.717) is 4.47 Å². The van der Waals surface area contributed by atoms with Crippen molar-refractivity contribution in [3.05, 3.63) is 26.7 Å². The topological polar surface area (TPSA) is 87.7 Å². The van der Waals surface area contributed by atoms with Gasteiger partial charge in [0.2, 0.25) is 0 Å². The van der Waals surface area contributed by atoms with Crippen molar-refractivity contribution in [2.24, 2.45) is 0 Å². The van der Waals surface area contributed by atoms with E-state index in [4.69, 9.17) is 28.3 Å². The molecule has 0 unspecified atom stereocenters. The number of hydrogen-bond donors (Lipinski definition) is 3. The van der Waals surface area contributed by atoms with Crippen molar-refractivity contribution in [1.82, 2.24) is 5.48 Å². The minimum atomic E-state index is -1.21. The number of carbonyl (C=O) groups excluding carboxylic acids is 1. The van der Waals surface area contributed by atoms with Gasteiger partial charge in [-0.05, 0) is 28.1 Å². The van der Waals surface area contributed by atoms with Crippen LogP contribution in [0.5, 0.6) is 0 Å². The van der Waals surface area contributed by atoms with Crippen LogP contribution in [-0.4, -0.2) is 23.7 Å². The Bertz CT molecular complexity index is 484. The van der Waals surface area contributed by atoms with Gasteiger partial charge in [-0.2, -0.15) is 0 Å². The molecule has 18 heavy (non-hydrogen) atoms. The summed E-state index contributed by atoms with van der Waals surface area (Å²) in [5.74, 6) is -1.21. The molecule has 0 saturated heterocycles. The third-order valence-electron chi connectivity index (χ3n) is 1.64. The highest BCUT2D eigenvalue weighted by Gasteiger charge is 2.11. The van der Waals surface area contributed by atoms with Crippen LogP contribution >= 0.6 is 39.1 Å². The molecule has 2 amide bonds. The third-order valence-corrected chi connectivity index (χ3v) is 3.41. The highest BCUT2D eigenvalue weighted by molar-refractivity contribution is 9.10. The molecular formula is C9H7BrCl2N2O4. The molecule has 0 aromatic heterocycles. The molecule has 0 bridgehead atoms. The maximum atomic E-state index is 11.3. The predicted molar refractivity (Wildman–Crippen MR) is 69.9 cm³/mol. The summed E-state index contributed by atoms with van der Waals surface area (Å²) in [6, 6.07) is 2.35. The molecule has 0 atom stereocenters. The Morgan fingerprint density at radius 2 is 2.00 bits per heavy atom. The fourth-order valence-electron chi connectivity index (χ4n) is 0.934. The number of aliphatic carboxylic acids is 1. The first-order valence-corrected chi connectivity index (χ1v) is 6.00. The number of hydrogen-bond acceptors (Lipinski definition) is 3. The fourth-order valence-corrected chi connectivity index (χ4v) is 1.76. The van der Waals surface area contributed by atoms with E-state index in [1.807, 2.05) is 5.48 Å². The SMILES string of the molecule is O=C(O)CONC(=O)Nc1ccc(Br)c(Cl)c1Cl. The summed E-state index contributed by atoms with van der Waals surface area (Å²) in [6.45, 7) is -0.651. The van der Waals surface area contributed by atoms with Gasteiger partial charge in [-0.1, -0.05) is 23.2 Å². The number of anilines is 1. The zero-order chi connectivity index (χ0) is 13.7. The lowest BCUT2D eigenvalue weighted by atomic mass is 10.3. The summed E-state index contributed by atoms with van der Waals surface area (Å²) >= 11 is 14.9. The molecule has 0 aliphatic rings. The third kappa shape index (κ3) is 4.34. The zero-order valence-electron chi connectivity index (χ0n) is 8.67. The molecule has 0 heterocycles. The van der Waals surface area contributed by atoms with E-state index in [9.17, 15) is 9.59 Å². The summed E-state index contributed by atoms with van der Waals surface area (Å²) in [5, 5.41) is 11.0. The molecule has 0 aliphatic heterocycles. The maximum absolute atomic E-state index is 11.3. The van der Waals surface area contributed by atoms with Crippen LogP contribution in [0.25, 0.3) is 0 Å². The maximum Gasteiger partial charge on any atom is 0.343 e. The standard InChI is InChI=1S/C9H7BrCl2N2O4/c10-4-1-2-5(8(12)7(4)11)13-9(17)14-18-3-6(15)16/h1-2H,3H2,(H,15,16)(H2,13,14,17). The number of hydroxylamine groups is 1. The molecule has 0 aliphatic carbocycles. The number of carboxylic acid groups (broad SMARTS) is 1. The average Bonchev–Trinajstić information content (AvgIpc) is 2.29. The van der Waals surface area contributed by atoms with Gasteiger partial charge in [0.05, 0.1) is 15.7 Å². The van der Waals surface area contributed by atoms with Crippen molar-refractivity contribution < 1.29 is 19.5 Å². The second-order valence-corrected chi connectivity index (χ2v) is 4.57. The van der Waals surface area contributed by atoms with Crippen molar-refractivity contribution in [1.29, 1.82) is 0 Å². The molecule has 1 rings (SSSR count). The molecule has 98 valence electrons. The van der Waals surface area contributed by atoms with Gasteiger partial charge in [-0.15, -0.1) is 0 Å². The monoisotopic (exact) mass is 356 g/mol. The van der Waals surface area contributed by atoms with E-state index >= 15 is 0 Å². The first-order valence-electron chi connectivity index (χ1n) is 4.46. The molecule has 9 heteroatoms. The lowest BCUT2D eigenvalue weighted by Crippen LogP contribution is -2.30. The van der Waals surface area contributed by atoms with Gasteiger partial charge < -0.3 is 10.4 Å². The van der Waals surface area contributed by atoms with Crippen molar-refractivity contribution in [3.8, 4) is 0 Å². The first kappa shape index (κ1) is 15.0. The van der Waals surface area contributed by atoms with Crippen LogP contribution in [-0.2, 0) is 9.63 Å². The second-order valence-electron chi connectivity index (χ2n) is 2.96. The fraction of sp³-hybridized carbons (Fsp3) is 0.111. The molecule has 0 saturated carbocycles.